The van der Waals surface area contributed by atoms with Crippen molar-refractivity contribution in [3.8, 4) is 0 Å². The highest BCUT2D eigenvalue weighted by Crippen LogP contribution is 2.19. The molecule has 0 unspecified atom stereocenters. The number of hydrogen-bond acceptors (Lipinski definition) is 3. The Hall–Kier alpha value is -1.32. The first-order valence-corrected chi connectivity index (χ1v) is 5.81. The number of hydrogen-bond donors (Lipinski definition) is 1. The number of aliphatic hydroxyl groups excluding tert-OH is 1. The molecule has 1 N–H and O–H groups in total. The lowest BCUT2D eigenvalue weighted by molar-refractivity contribution is 0.0374. The minimum atomic E-state index is -0.447. The van der Waals surface area contributed by atoms with Crippen LogP contribution in [0.5, 0.6) is 0 Å². The van der Waals surface area contributed by atoms with Crippen LogP contribution in [0.15, 0.2) is 30.8 Å². The maximum Gasteiger partial charge on any atom is 0.119 e. The predicted molar refractivity (Wildman–Crippen MR) is 68.4 cm³/mol. The zero-order chi connectivity index (χ0) is 12.7. The molecule has 3 heteroatoms. The normalized spacial score (nSPS) is 12.2. The molecule has 1 rings (SSSR count). The maximum absolute atomic E-state index is 9.13. The summed E-state index contributed by atoms with van der Waals surface area (Å²) >= 11 is 0. The topological polar surface area (TPSA) is 38.7 Å². The molecule has 94 valence electrons. The summed E-state index contributed by atoms with van der Waals surface area (Å²) < 4.78 is 10.8. The van der Waals surface area contributed by atoms with Crippen molar-refractivity contribution in [2.24, 2.45) is 0 Å². The molecule has 3 nitrogen and oxygen atoms in total. The Labute approximate surface area is 103 Å². The van der Waals surface area contributed by atoms with E-state index in [2.05, 4.69) is 6.58 Å². The van der Waals surface area contributed by atoms with Crippen LogP contribution in [-0.4, -0.2) is 24.4 Å². The van der Waals surface area contributed by atoms with Gasteiger partial charge in [0.05, 0.1) is 25.9 Å². The van der Waals surface area contributed by atoms with Gasteiger partial charge in [-0.2, -0.15) is 0 Å². The molecule has 0 aliphatic carbocycles. The van der Waals surface area contributed by atoms with Crippen molar-refractivity contribution in [3.05, 3.63) is 42.0 Å². The number of ether oxygens (including phenoxy) is 2. The SMILES string of the molecule is C=C(OCC)c1ccccc1COC[C@@H](C)O. The van der Waals surface area contributed by atoms with Crippen molar-refractivity contribution in [2.75, 3.05) is 13.2 Å². The van der Waals surface area contributed by atoms with Crippen molar-refractivity contribution in [2.45, 2.75) is 26.6 Å². The molecule has 0 fully saturated rings. The van der Waals surface area contributed by atoms with Gasteiger partial charge in [-0.15, -0.1) is 0 Å². The largest absolute Gasteiger partial charge is 0.494 e. The van der Waals surface area contributed by atoms with E-state index in [0.717, 1.165) is 11.1 Å². The summed E-state index contributed by atoms with van der Waals surface area (Å²) in [6.45, 7) is 8.90. The summed E-state index contributed by atoms with van der Waals surface area (Å²) in [5, 5.41) is 9.13. The van der Waals surface area contributed by atoms with E-state index in [1.807, 2.05) is 31.2 Å². The van der Waals surface area contributed by atoms with Gasteiger partial charge in [0, 0.05) is 5.56 Å². The molecule has 0 heterocycles. The zero-order valence-corrected chi connectivity index (χ0v) is 10.5. The van der Waals surface area contributed by atoms with Gasteiger partial charge in [0.15, 0.2) is 0 Å². The van der Waals surface area contributed by atoms with Crippen LogP contribution >= 0.6 is 0 Å². The fraction of sp³-hybridized carbons (Fsp3) is 0.429. The fourth-order valence-electron chi connectivity index (χ4n) is 1.51. The van der Waals surface area contributed by atoms with Crippen molar-refractivity contribution in [3.63, 3.8) is 0 Å². The molecule has 0 aliphatic heterocycles. The first-order valence-electron chi connectivity index (χ1n) is 5.81. The van der Waals surface area contributed by atoms with Crippen molar-refractivity contribution in [1.82, 2.24) is 0 Å². The van der Waals surface area contributed by atoms with E-state index in [1.54, 1.807) is 6.92 Å². The third-order valence-electron chi connectivity index (χ3n) is 2.25. The summed E-state index contributed by atoms with van der Waals surface area (Å²) in [5.41, 5.74) is 1.98. The lowest BCUT2D eigenvalue weighted by atomic mass is 10.1. The minimum absolute atomic E-state index is 0.329. The molecule has 0 radical (unpaired) electrons. The predicted octanol–water partition coefficient (Wildman–Crippen LogP) is 2.59. The van der Waals surface area contributed by atoms with Gasteiger partial charge in [0.1, 0.15) is 5.76 Å². The molecule has 0 saturated carbocycles. The van der Waals surface area contributed by atoms with Crippen molar-refractivity contribution in [1.29, 1.82) is 0 Å². The Morgan fingerprint density at radius 1 is 1.41 bits per heavy atom. The summed E-state index contributed by atoms with van der Waals surface area (Å²) in [5.74, 6) is 0.656. The standard InChI is InChI=1S/C14H20O3/c1-4-17-12(3)14-8-6-5-7-13(14)10-16-9-11(2)15/h5-8,11,15H,3-4,9-10H2,1-2H3/t11-/m1/s1. The highest BCUT2D eigenvalue weighted by atomic mass is 16.5. The maximum atomic E-state index is 9.13. The van der Waals surface area contributed by atoms with E-state index in [4.69, 9.17) is 14.6 Å². The Morgan fingerprint density at radius 2 is 2.12 bits per heavy atom. The van der Waals surface area contributed by atoms with Gasteiger partial charge in [-0.05, 0) is 19.4 Å². The molecule has 0 aliphatic rings. The molecule has 0 bridgehead atoms. The molecule has 1 aromatic carbocycles. The second kappa shape index (κ2) is 7.09. The first-order chi connectivity index (χ1) is 8.15. The molecular weight excluding hydrogens is 216 g/mol. The summed E-state index contributed by atoms with van der Waals surface area (Å²) in [6.07, 6.45) is -0.447. The Morgan fingerprint density at radius 3 is 2.76 bits per heavy atom. The second-order valence-corrected chi connectivity index (χ2v) is 3.88. The zero-order valence-electron chi connectivity index (χ0n) is 10.5. The quantitative estimate of drug-likeness (QED) is 0.739. The van der Waals surface area contributed by atoms with Crippen LogP contribution in [0.1, 0.15) is 25.0 Å². The Bertz CT molecular complexity index is 358. The van der Waals surface area contributed by atoms with Crippen LogP contribution in [0.25, 0.3) is 5.76 Å². The lowest BCUT2D eigenvalue weighted by Crippen LogP contribution is -2.10. The molecule has 0 spiro atoms. The van der Waals surface area contributed by atoms with E-state index < -0.39 is 6.10 Å². The van der Waals surface area contributed by atoms with Gasteiger partial charge in [0.2, 0.25) is 0 Å². The lowest BCUT2D eigenvalue weighted by Gasteiger charge is -2.13. The monoisotopic (exact) mass is 236 g/mol. The van der Waals surface area contributed by atoms with Gasteiger partial charge >= 0.3 is 0 Å². The molecule has 0 aromatic heterocycles. The van der Waals surface area contributed by atoms with Gasteiger partial charge in [-0.1, -0.05) is 30.8 Å². The Balaban J connectivity index is 2.67. The number of aliphatic hydroxyl groups is 1. The van der Waals surface area contributed by atoms with E-state index >= 15 is 0 Å². The van der Waals surface area contributed by atoms with Crippen LogP contribution < -0.4 is 0 Å². The highest BCUT2D eigenvalue weighted by Gasteiger charge is 2.06. The first kappa shape index (κ1) is 13.7. The molecule has 0 amide bonds. The van der Waals surface area contributed by atoms with Crippen LogP contribution in [0.2, 0.25) is 0 Å². The smallest absolute Gasteiger partial charge is 0.119 e. The van der Waals surface area contributed by atoms with E-state index in [0.29, 0.717) is 25.6 Å². The van der Waals surface area contributed by atoms with E-state index in [1.165, 1.54) is 0 Å². The minimum Gasteiger partial charge on any atom is -0.494 e. The van der Waals surface area contributed by atoms with Crippen LogP contribution in [0.3, 0.4) is 0 Å². The molecular formula is C14H20O3. The molecule has 1 atom stereocenters. The van der Waals surface area contributed by atoms with Gasteiger partial charge in [0.25, 0.3) is 0 Å². The van der Waals surface area contributed by atoms with Gasteiger partial charge in [-0.25, -0.2) is 0 Å². The van der Waals surface area contributed by atoms with Gasteiger partial charge in [-0.3, -0.25) is 0 Å². The van der Waals surface area contributed by atoms with Crippen LogP contribution in [0.4, 0.5) is 0 Å². The molecule has 17 heavy (non-hydrogen) atoms. The van der Waals surface area contributed by atoms with Crippen LogP contribution in [0, 0.1) is 0 Å². The third kappa shape index (κ3) is 4.59. The number of benzene rings is 1. The van der Waals surface area contributed by atoms with Crippen LogP contribution in [-0.2, 0) is 16.1 Å². The summed E-state index contributed by atoms with van der Waals surface area (Å²) in [4.78, 5) is 0. The third-order valence-corrected chi connectivity index (χ3v) is 2.25. The molecule has 1 aromatic rings. The van der Waals surface area contributed by atoms with Gasteiger partial charge < -0.3 is 14.6 Å². The Kier molecular flexibility index (Phi) is 5.73. The average molecular weight is 236 g/mol. The molecule has 0 saturated heterocycles. The van der Waals surface area contributed by atoms with E-state index in [9.17, 15) is 0 Å². The second-order valence-electron chi connectivity index (χ2n) is 3.88. The van der Waals surface area contributed by atoms with Crippen molar-refractivity contribution < 1.29 is 14.6 Å². The number of rotatable bonds is 7. The highest BCUT2D eigenvalue weighted by molar-refractivity contribution is 5.60. The van der Waals surface area contributed by atoms with E-state index in [-0.39, 0.29) is 0 Å². The summed E-state index contributed by atoms with van der Waals surface area (Å²) in [7, 11) is 0. The average Bonchev–Trinajstić information content (AvgIpc) is 2.29. The fourth-order valence-corrected chi connectivity index (χ4v) is 1.51. The van der Waals surface area contributed by atoms with Crippen molar-refractivity contribution >= 4 is 5.76 Å². The summed E-state index contributed by atoms with van der Waals surface area (Å²) in [6, 6.07) is 7.82.